The number of aliphatic hydroxyl groups is 8. The minimum Gasteiger partial charge on any atom is -0.455 e. The number of rotatable bonds is 50. The van der Waals surface area contributed by atoms with Gasteiger partial charge in [0.2, 0.25) is 11.8 Å². The molecule has 4 heterocycles. The Morgan fingerprint density at radius 3 is 1.07 bits per heavy atom. The number of ether oxygens (including phenoxy) is 4. The van der Waals surface area contributed by atoms with E-state index in [9.17, 15) is 60.0 Å². The predicted molar refractivity (Wildman–Crippen MR) is 900 cm³/mol. The van der Waals surface area contributed by atoms with E-state index in [0.717, 1.165) is 25.5 Å². The number of carbonyl (C=O) groups is 4. The highest BCUT2D eigenvalue weighted by Crippen LogP contribution is 3.43. The van der Waals surface area contributed by atoms with Gasteiger partial charge in [0.15, 0.2) is 0 Å². The van der Waals surface area contributed by atoms with Crippen molar-refractivity contribution in [2.24, 2.45) is 17.8 Å². The maximum absolute atomic E-state index is 12.7. The molecule has 4 aliphatic rings. The van der Waals surface area contributed by atoms with Gasteiger partial charge in [0.25, 0.3) is 0 Å². The van der Waals surface area contributed by atoms with Crippen molar-refractivity contribution in [2.45, 2.75) is 256 Å². The lowest BCUT2D eigenvalue weighted by Gasteiger charge is -2.54. The van der Waals surface area contributed by atoms with Crippen LogP contribution in [-0.4, -0.2) is 160 Å². The summed E-state index contributed by atoms with van der Waals surface area (Å²) in [4.78, 5) is 47.9. The van der Waals surface area contributed by atoms with Crippen LogP contribution in [0.25, 0.3) is 0 Å². The summed E-state index contributed by atoms with van der Waals surface area (Å²) < 4.78 is 21.8. The summed E-state index contributed by atoms with van der Waals surface area (Å²) in [6.45, 7) is 28.1. The predicted octanol–water partition coefficient (Wildman–Crippen LogP) is 47.0. The molecule has 880 valence electrons. The van der Waals surface area contributed by atoms with Gasteiger partial charge in [-0.15, -0.1) is 337 Å². The van der Waals surface area contributed by atoms with Gasteiger partial charge >= 0.3 is 11.9 Å². The Morgan fingerprint density at radius 2 is 0.767 bits per heavy atom. The molecule has 44 unspecified atom stereocenters. The van der Waals surface area contributed by atoms with Gasteiger partial charge in [-0.25, -0.2) is 0 Å². The number of amides is 2. The van der Waals surface area contributed by atoms with E-state index in [2.05, 4.69) is 354 Å². The molecule has 4 rings (SSSR count). The van der Waals surface area contributed by atoms with Crippen LogP contribution in [0.4, 0.5) is 0 Å². The summed E-state index contributed by atoms with van der Waals surface area (Å²) in [5, 5.41) is 88.3. The maximum Gasteiger partial charge on any atom is 0.303 e. The molecule has 150 heavy (non-hydrogen) atoms. The molecule has 0 spiro atoms. The zero-order chi connectivity index (χ0) is 117. The van der Waals surface area contributed by atoms with Gasteiger partial charge in [0, 0.05) is 38.5 Å². The quantitative estimate of drug-likeness (QED) is 0.00890. The number of aliphatic hydroxyl groups excluding tert-OH is 4. The molecule has 89 heteroatoms. The molecular formula is C61H175N2O16P71. The van der Waals surface area contributed by atoms with Crippen LogP contribution in [0.2, 0.25) is 0 Å². The first-order valence-electron chi connectivity index (χ1n) is 44.1. The molecule has 0 bridgehead atoms. The molecule has 0 aliphatic carbocycles. The Morgan fingerprint density at radius 1 is 0.467 bits per heavy atom. The van der Waals surface area contributed by atoms with E-state index in [1.807, 2.05) is 54.5 Å². The molecule has 63 atom stereocenters. The average Bonchev–Trinajstić information content (AvgIpc) is 1.58. The molecule has 0 aromatic carbocycles. The zero-order valence-corrected chi connectivity index (χ0v) is 159. The fourth-order valence-electron chi connectivity index (χ4n) is 13.6. The molecule has 10 N–H and O–H groups in total. The first-order chi connectivity index (χ1) is 68.9. The van der Waals surface area contributed by atoms with Crippen molar-refractivity contribution >= 4 is 593 Å². The van der Waals surface area contributed by atoms with Crippen LogP contribution in [0.15, 0.2) is 85.1 Å². The molecule has 4 aliphatic heterocycles. The number of esters is 2. The highest BCUT2D eigenvalue weighted by atomic mass is 33.5. The summed E-state index contributed by atoms with van der Waals surface area (Å²) in [5.74, 6) is -1.67. The average molecular weight is 3390 g/mol. The van der Waals surface area contributed by atoms with Gasteiger partial charge in [-0.1, -0.05) is 109 Å². The molecule has 2 saturated heterocycles. The first-order valence-corrected chi connectivity index (χ1v) is 172. The van der Waals surface area contributed by atoms with E-state index in [1.165, 1.54) is 19.9 Å². The summed E-state index contributed by atoms with van der Waals surface area (Å²) in [6.07, 6.45) is 16.1. The van der Waals surface area contributed by atoms with Crippen molar-refractivity contribution in [1.29, 1.82) is 0 Å². The smallest absolute Gasteiger partial charge is 0.303 e. The highest BCUT2D eigenvalue weighted by Gasteiger charge is 2.57. The molecular weight excluding hydrogens is 3220 g/mol. The number of allylic oxidation sites excluding steroid dienone is 4. The first kappa shape index (κ1) is 176. The Bertz CT molecular complexity index is 3950. The lowest BCUT2D eigenvalue weighted by Crippen LogP contribution is -2.44. The van der Waals surface area contributed by atoms with Crippen molar-refractivity contribution in [1.82, 2.24) is 10.6 Å². The van der Waals surface area contributed by atoms with Gasteiger partial charge < -0.3 is 70.4 Å². The topological polar surface area (TPSA) is 298 Å². The number of carbonyl (C=O) groups excluding carboxylic acids is 4. The van der Waals surface area contributed by atoms with E-state index in [1.54, 1.807) is 76.3 Å². The Labute approximate surface area is 1030 Å². The van der Waals surface area contributed by atoms with Crippen LogP contribution in [-0.2, 0) is 38.1 Å². The van der Waals surface area contributed by atoms with E-state index >= 15 is 0 Å². The fourth-order valence-corrected chi connectivity index (χ4v) is 961. The molecule has 18 nitrogen and oxygen atoms in total. The summed E-state index contributed by atoms with van der Waals surface area (Å²) in [6, 6.07) is -0.707. The SMILES string of the molecule is C=C/C=C(\C)[C@@H]1C/C=C/[C@H](OC(C)=O)[C@](C)(O)CC[C@@H](O)CC(=O)N1.C=C[C@](C)(O)C[C@H]1O[C@@H]1[C@H](C)[C@@H](O)CC.CC[C@H](O)[C@@H](C)[C@H]1O[C@@H]1C[C@@](C)(O)/C=C/C=C(\C)[C@H]1NC(=O)C[C@H](O)CC[C@@](C)(O)[C@@H](OC(C)=O)/C=C/[C@@H]1C.PP(P)P(P)P(P(P(P)P)P(P)P)P(P(P(P)P)P(P)P)P(P(P(P)P)P(P)P)P(P(P)P)P(P)P.PPP(P)P(P(P(P)P)P(P)P)P(P(P(P)P)P(P)P)P(P(P(P)P)P(P)P)P(P(P)P)P(P)P. The largest absolute Gasteiger partial charge is 0.455 e. The van der Waals surface area contributed by atoms with Gasteiger partial charge in [-0.05, 0) is 335 Å². The summed E-state index contributed by atoms with van der Waals surface area (Å²) in [7, 11) is 125. The standard InChI is InChI=1S/C30H49NO8.C19H29NO5.C12H22O3.H38P36.H37P35/c1-8-23(34)20(4)28-24(39-28)17-29(6,36)14-9-10-18(2)27-19(3)11-12-25(38-21(5)32)30(7,37)15-13-22(33)16-26(35)31-27;1-5-7-13(2)16-8-6-9-17(25-14(3)21)19(4,24)11-10-15(22)12-18(23)20-16;1-5-9(13)8(3)11-10(15-11)7-12(4,14)6-2;1-20(2)29(19)34(30(21(3)4)22(5)6)36(33(27(15)16)28(17)18)35(31(23(7)8)24(9)10)32(25(11)12)26(13)14;1-19-28(18)33(29(20(2)3)21(4)5)35(32(26(14)15)27(16)17)34(30(22(6)7)23(8)9)31(24(10)11)25(12)13/h9-12,14,19-20,22-25,27-28,33-34,36-37H,8,13,15-17H2,1-7H3,(H,31,35);5-7,9,15-17,22,24H,1,8,10-12H2,2-4H3,(H,20,23);6,8-11,13-14H,2,5,7H2,1,3-4H3;1-19H2;19H,1-18H2/b12-11+,14-9+,18-10+;9-6+,13-7+;;;/t19-,20+,22+,23-,24+,25-,27+,28+,29-,30+;15-,16+,17+,19-;8-,9+,10-,11-,12+;;/m011../s1. The molecule has 2 fully saturated rings. The number of hydrogen-bond acceptors (Lipinski definition) is 16. The van der Waals surface area contributed by atoms with Crippen LogP contribution in [0.5, 0.6) is 0 Å². The second kappa shape index (κ2) is 92.1. The summed E-state index contributed by atoms with van der Waals surface area (Å²) >= 11 is 0. The molecule has 0 aromatic heterocycles. The lowest BCUT2D eigenvalue weighted by atomic mass is 9.87. The Kier molecular flexibility index (Phi) is 108. The fraction of sp³-hybridized carbons (Fsp3) is 0.705. The van der Waals surface area contributed by atoms with Crippen molar-refractivity contribution in [3.05, 3.63) is 85.1 Å². The minimum absolute atomic E-state index is 0.000784. The normalized spacial score (nSPS) is 26.3. The van der Waals surface area contributed by atoms with E-state index < -0.39 is 70.9 Å². The monoisotopic (exact) mass is 3390 g/mol. The number of hydrogen-bond donors (Lipinski definition) is 10. The van der Waals surface area contributed by atoms with Crippen molar-refractivity contribution in [3.63, 3.8) is 0 Å². The highest BCUT2D eigenvalue weighted by molar-refractivity contribution is 9.49. The van der Waals surface area contributed by atoms with Crippen LogP contribution in [0.1, 0.15) is 161 Å². The second-order valence-corrected chi connectivity index (χ2v) is 321. The molecule has 2 amide bonds. The molecule has 0 radical (unpaired) electrons. The summed E-state index contributed by atoms with van der Waals surface area (Å²) in [5.41, 5.74) is -3.01. The van der Waals surface area contributed by atoms with Crippen LogP contribution >= 0.6 is 569 Å². The van der Waals surface area contributed by atoms with Crippen LogP contribution in [0, 0.1) is 17.8 Å². The Balaban J connectivity index is 0.00000190. The van der Waals surface area contributed by atoms with Crippen molar-refractivity contribution in [3.8, 4) is 0 Å². The Hall–Kier alpha value is 26.2. The van der Waals surface area contributed by atoms with E-state index in [0.29, 0.717) is 25.7 Å². The van der Waals surface area contributed by atoms with Crippen LogP contribution < -0.4 is 10.6 Å². The van der Waals surface area contributed by atoms with E-state index in [-0.39, 0.29) is 335 Å². The molecule has 0 saturated carbocycles. The number of epoxide rings is 2. The van der Waals surface area contributed by atoms with Crippen molar-refractivity contribution < 1.29 is 79.0 Å². The third kappa shape index (κ3) is 67.5. The number of nitrogens with one attached hydrogen (secondary N) is 2. The van der Waals surface area contributed by atoms with Gasteiger partial charge in [0.05, 0.1) is 85.0 Å². The maximum atomic E-state index is 12.7. The molecule has 0 aromatic rings. The van der Waals surface area contributed by atoms with Gasteiger partial charge in [0.1, 0.15) is 23.4 Å². The second-order valence-electron chi connectivity index (χ2n) is 34.3. The zero-order valence-electron chi connectivity index (χ0n) is 86.1. The minimum atomic E-state index is -1.41. The lowest BCUT2D eigenvalue weighted by molar-refractivity contribution is -0.157. The van der Waals surface area contributed by atoms with Gasteiger partial charge in [-0.2, -0.15) is 0 Å². The van der Waals surface area contributed by atoms with Gasteiger partial charge in [-0.3, -0.25) is 19.2 Å². The van der Waals surface area contributed by atoms with E-state index in [4.69, 9.17) is 18.9 Å². The van der Waals surface area contributed by atoms with Crippen molar-refractivity contribution in [2.75, 3.05) is 0 Å². The third-order valence-electron chi connectivity index (χ3n) is 21.3. The van der Waals surface area contributed by atoms with Crippen LogP contribution in [0.3, 0.4) is 0 Å². The third-order valence-corrected chi connectivity index (χ3v) is 499.